The molecule has 0 saturated carbocycles. The highest BCUT2D eigenvalue weighted by Crippen LogP contribution is 2.37. The Morgan fingerprint density at radius 3 is 2.09 bits per heavy atom. The number of rotatable bonds is 8. The van der Waals surface area contributed by atoms with Gasteiger partial charge in [0.1, 0.15) is 11.5 Å². The molecule has 0 unspecified atom stereocenters. The monoisotopic (exact) mass is 601 g/mol. The molecule has 10 nitrogen and oxygen atoms in total. The first-order valence-electron chi connectivity index (χ1n) is 13.9. The Hall–Kier alpha value is -6.16. The van der Waals surface area contributed by atoms with Crippen molar-refractivity contribution in [1.29, 1.82) is 0 Å². The van der Waals surface area contributed by atoms with E-state index < -0.39 is 23.9 Å². The molecule has 1 N–H and O–H groups in total. The smallest absolute Gasteiger partial charge is 0.373 e. The third-order valence-electron chi connectivity index (χ3n) is 7.32. The molecule has 224 valence electrons. The fraction of sp³-hybridized carbons (Fsp3) is 0.0857. The second-order valence-corrected chi connectivity index (χ2v) is 10.1. The number of furan rings is 1. The fourth-order valence-corrected chi connectivity index (χ4v) is 5.19. The number of benzene rings is 3. The van der Waals surface area contributed by atoms with Crippen molar-refractivity contribution in [2.24, 2.45) is 0 Å². The summed E-state index contributed by atoms with van der Waals surface area (Å²) in [4.78, 5) is 51.4. The fourth-order valence-electron chi connectivity index (χ4n) is 5.19. The Balaban J connectivity index is 1.46. The summed E-state index contributed by atoms with van der Waals surface area (Å²) in [5.41, 5.74) is 5.31. The van der Waals surface area contributed by atoms with Crippen LogP contribution >= 0.6 is 0 Å². The quantitative estimate of drug-likeness (QED) is 0.130. The molecule has 5 aromatic rings. The van der Waals surface area contributed by atoms with Crippen molar-refractivity contribution in [3.63, 3.8) is 0 Å². The molecule has 0 spiro atoms. The summed E-state index contributed by atoms with van der Waals surface area (Å²) in [6.45, 7) is -0.173. The van der Waals surface area contributed by atoms with Crippen LogP contribution in [0, 0.1) is 0 Å². The number of ether oxygens (including phenoxy) is 2. The SMILES string of the molecule is COC(=O)c1ccc(-n2c(-c3ccccc3)cc(/C=C3\NC(=O)N(Cc4ccc(C(=O)OC)o4)C3=O)c2-c2ccccc2)cc1. The second kappa shape index (κ2) is 12.2. The number of methoxy groups -OCH3 is 2. The van der Waals surface area contributed by atoms with E-state index >= 15 is 0 Å². The molecule has 1 fully saturated rings. The predicted molar refractivity (Wildman–Crippen MR) is 165 cm³/mol. The minimum Gasteiger partial charge on any atom is -0.465 e. The first-order valence-corrected chi connectivity index (χ1v) is 13.9. The largest absolute Gasteiger partial charge is 0.465 e. The summed E-state index contributed by atoms with van der Waals surface area (Å²) in [5.74, 6) is -1.44. The number of nitrogens with zero attached hydrogens (tertiary/aromatic N) is 2. The highest BCUT2D eigenvalue weighted by molar-refractivity contribution is 6.14. The number of hydrogen-bond acceptors (Lipinski definition) is 7. The number of imide groups is 1. The van der Waals surface area contributed by atoms with Gasteiger partial charge < -0.3 is 23.8 Å². The van der Waals surface area contributed by atoms with Crippen LogP contribution < -0.4 is 5.32 Å². The molecule has 0 bridgehead atoms. The van der Waals surface area contributed by atoms with Crippen molar-refractivity contribution in [2.75, 3.05) is 14.2 Å². The first kappa shape index (κ1) is 28.9. The third kappa shape index (κ3) is 5.64. The van der Waals surface area contributed by atoms with E-state index in [0.29, 0.717) is 11.1 Å². The van der Waals surface area contributed by atoms with Gasteiger partial charge in [0.15, 0.2) is 0 Å². The summed E-state index contributed by atoms with van der Waals surface area (Å²) in [6, 6.07) is 30.8. The van der Waals surface area contributed by atoms with E-state index in [1.165, 1.54) is 26.4 Å². The summed E-state index contributed by atoms with van der Waals surface area (Å²) in [5, 5.41) is 2.68. The molecular weight excluding hydrogens is 574 g/mol. The summed E-state index contributed by atoms with van der Waals surface area (Å²) in [7, 11) is 2.57. The van der Waals surface area contributed by atoms with Crippen molar-refractivity contribution in [3.05, 3.63) is 131 Å². The average Bonchev–Trinajstić information content (AvgIpc) is 3.78. The lowest BCUT2D eigenvalue weighted by Crippen LogP contribution is -2.30. The number of carbonyl (C=O) groups is 4. The van der Waals surface area contributed by atoms with E-state index in [0.717, 1.165) is 33.1 Å². The van der Waals surface area contributed by atoms with Gasteiger partial charge in [0.05, 0.1) is 37.7 Å². The van der Waals surface area contributed by atoms with Gasteiger partial charge in [-0.25, -0.2) is 14.4 Å². The van der Waals surface area contributed by atoms with E-state index in [1.54, 1.807) is 18.2 Å². The van der Waals surface area contributed by atoms with Crippen LogP contribution in [0.2, 0.25) is 0 Å². The van der Waals surface area contributed by atoms with E-state index in [9.17, 15) is 19.2 Å². The zero-order chi connectivity index (χ0) is 31.5. The van der Waals surface area contributed by atoms with Crippen LogP contribution in [-0.4, -0.2) is 47.6 Å². The van der Waals surface area contributed by atoms with Gasteiger partial charge in [-0.3, -0.25) is 9.69 Å². The number of hydrogen-bond donors (Lipinski definition) is 1. The Kier molecular flexibility index (Phi) is 7.85. The van der Waals surface area contributed by atoms with Gasteiger partial charge >= 0.3 is 18.0 Å². The maximum Gasteiger partial charge on any atom is 0.373 e. The Labute approximate surface area is 258 Å². The molecule has 0 atom stereocenters. The Morgan fingerprint density at radius 2 is 1.44 bits per heavy atom. The Morgan fingerprint density at radius 1 is 0.800 bits per heavy atom. The number of amides is 3. The highest BCUT2D eigenvalue weighted by Gasteiger charge is 2.35. The molecule has 1 aliphatic heterocycles. The lowest BCUT2D eigenvalue weighted by atomic mass is 10.1. The van der Waals surface area contributed by atoms with Gasteiger partial charge in [0, 0.05) is 11.3 Å². The molecule has 1 saturated heterocycles. The number of aromatic nitrogens is 1. The van der Waals surface area contributed by atoms with Crippen molar-refractivity contribution < 1.29 is 33.1 Å². The first-order chi connectivity index (χ1) is 21.9. The average molecular weight is 602 g/mol. The molecule has 2 aromatic heterocycles. The van der Waals surface area contributed by atoms with Crippen molar-refractivity contribution >= 4 is 30.0 Å². The number of nitrogens with one attached hydrogen (secondary N) is 1. The molecule has 3 amide bonds. The Bertz CT molecular complexity index is 1940. The van der Waals surface area contributed by atoms with Crippen LogP contribution in [0.5, 0.6) is 0 Å². The molecule has 0 radical (unpaired) electrons. The van der Waals surface area contributed by atoms with Crippen molar-refractivity contribution in [3.8, 4) is 28.2 Å². The molecule has 6 rings (SSSR count). The molecule has 3 aromatic carbocycles. The van der Waals surface area contributed by atoms with Gasteiger partial charge in [0.25, 0.3) is 5.91 Å². The third-order valence-corrected chi connectivity index (χ3v) is 7.32. The zero-order valence-electron chi connectivity index (χ0n) is 24.4. The standard InChI is InChI=1S/C35H27N3O7/c1-43-33(40)24-13-15-26(16-14-24)38-29(22-9-5-3-6-10-22)20-25(31(38)23-11-7-4-8-12-23)19-28-32(39)37(35(42)36-28)21-27-17-18-30(45-27)34(41)44-2/h3-20H,21H2,1-2H3,(H,36,42)/b28-19-. The minimum atomic E-state index is -0.661. The van der Waals surface area contributed by atoms with Crippen LogP contribution in [0.25, 0.3) is 34.3 Å². The van der Waals surface area contributed by atoms with E-state index in [1.807, 2.05) is 83.4 Å². The number of urea groups is 1. The summed E-state index contributed by atoms with van der Waals surface area (Å²) >= 11 is 0. The highest BCUT2D eigenvalue weighted by atomic mass is 16.5. The van der Waals surface area contributed by atoms with Gasteiger partial charge in [-0.2, -0.15) is 0 Å². The van der Waals surface area contributed by atoms with Crippen LogP contribution in [-0.2, 0) is 20.8 Å². The van der Waals surface area contributed by atoms with Gasteiger partial charge in [-0.1, -0.05) is 60.7 Å². The van der Waals surface area contributed by atoms with Gasteiger partial charge in [-0.15, -0.1) is 0 Å². The zero-order valence-corrected chi connectivity index (χ0v) is 24.4. The van der Waals surface area contributed by atoms with Crippen LogP contribution in [0.3, 0.4) is 0 Å². The van der Waals surface area contributed by atoms with Crippen LogP contribution in [0.4, 0.5) is 4.79 Å². The normalized spacial score (nSPS) is 13.6. The predicted octanol–water partition coefficient (Wildman–Crippen LogP) is 6.07. The molecular formula is C35H27N3O7. The van der Waals surface area contributed by atoms with Crippen molar-refractivity contribution in [1.82, 2.24) is 14.8 Å². The maximum atomic E-state index is 13.5. The van der Waals surface area contributed by atoms with Crippen molar-refractivity contribution in [2.45, 2.75) is 6.54 Å². The molecule has 10 heteroatoms. The van der Waals surface area contributed by atoms with E-state index in [-0.39, 0.29) is 23.8 Å². The molecule has 0 aliphatic carbocycles. The van der Waals surface area contributed by atoms with Crippen LogP contribution in [0.1, 0.15) is 32.2 Å². The lowest BCUT2D eigenvalue weighted by molar-refractivity contribution is -0.123. The van der Waals surface area contributed by atoms with Gasteiger partial charge in [-0.05, 0) is 59.7 Å². The number of esters is 2. The molecule has 3 heterocycles. The minimum absolute atomic E-state index is 0.0303. The van der Waals surface area contributed by atoms with E-state index in [2.05, 4.69) is 10.1 Å². The molecule has 45 heavy (non-hydrogen) atoms. The second-order valence-electron chi connectivity index (χ2n) is 10.1. The molecule has 1 aliphatic rings. The van der Waals surface area contributed by atoms with Crippen LogP contribution in [0.15, 0.2) is 113 Å². The number of carbonyl (C=O) groups excluding carboxylic acids is 4. The summed E-state index contributed by atoms with van der Waals surface area (Å²) < 4.78 is 17.1. The maximum absolute atomic E-state index is 13.5. The summed E-state index contributed by atoms with van der Waals surface area (Å²) in [6.07, 6.45) is 1.65. The van der Waals surface area contributed by atoms with Gasteiger partial charge in [0.2, 0.25) is 5.76 Å². The lowest BCUT2D eigenvalue weighted by Gasteiger charge is -2.15. The van der Waals surface area contributed by atoms with E-state index in [4.69, 9.17) is 9.15 Å². The topological polar surface area (TPSA) is 120 Å².